The Hall–Kier alpha value is -1.63. The van der Waals surface area contributed by atoms with Crippen molar-refractivity contribution < 1.29 is 9.59 Å². The Morgan fingerprint density at radius 3 is 2.67 bits per heavy atom. The van der Waals surface area contributed by atoms with Gasteiger partial charge in [0.25, 0.3) is 5.56 Å². The van der Waals surface area contributed by atoms with Gasteiger partial charge in [0.05, 0.1) is 0 Å². The summed E-state index contributed by atoms with van der Waals surface area (Å²) in [5.41, 5.74) is -0.291. The summed E-state index contributed by atoms with van der Waals surface area (Å²) in [4.78, 5) is 35.1. The van der Waals surface area contributed by atoms with Crippen molar-refractivity contribution in [2.75, 3.05) is 0 Å². The lowest BCUT2D eigenvalue weighted by Crippen LogP contribution is -2.46. The van der Waals surface area contributed by atoms with Gasteiger partial charge in [-0.2, -0.15) is 0 Å². The van der Waals surface area contributed by atoms with Crippen molar-refractivity contribution in [1.82, 2.24) is 15.2 Å². The van der Waals surface area contributed by atoms with Crippen LogP contribution in [0.1, 0.15) is 32.1 Å². The molecule has 6 nitrogen and oxygen atoms in total. The zero-order valence-electron chi connectivity index (χ0n) is 11.6. The van der Waals surface area contributed by atoms with Gasteiger partial charge in [-0.25, -0.2) is 4.79 Å². The van der Waals surface area contributed by atoms with Crippen LogP contribution in [-0.4, -0.2) is 22.5 Å². The first kappa shape index (κ1) is 15.8. The van der Waals surface area contributed by atoms with E-state index < -0.39 is 11.9 Å². The number of carbonyl (C=O) groups is 2. The summed E-state index contributed by atoms with van der Waals surface area (Å²) in [7, 11) is 0. The average Bonchev–Trinajstić information content (AvgIpc) is 2.43. The summed E-state index contributed by atoms with van der Waals surface area (Å²) < 4.78 is 1.94. The maximum absolute atomic E-state index is 11.8. The number of pyridine rings is 1. The molecule has 1 aliphatic carbocycles. The molecular formula is C14H18BrN3O3. The van der Waals surface area contributed by atoms with E-state index in [0.717, 1.165) is 25.7 Å². The van der Waals surface area contributed by atoms with Gasteiger partial charge in [0, 0.05) is 22.8 Å². The molecule has 0 spiro atoms. The summed E-state index contributed by atoms with van der Waals surface area (Å²) in [6.45, 7) is -0.184. The Kier molecular flexibility index (Phi) is 5.55. The lowest BCUT2D eigenvalue weighted by molar-refractivity contribution is -0.120. The molecule has 0 atom stereocenters. The van der Waals surface area contributed by atoms with Crippen molar-refractivity contribution in [3.63, 3.8) is 0 Å². The average molecular weight is 356 g/mol. The summed E-state index contributed by atoms with van der Waals surface area (Å²) in [5, 5.41) is 5.05. The molecule has 2 rings (SSSR count). The van der Waals surface area contributed by atoms with E-state index in [9.17, 15) is 14.4 Å². The zero-order chi connectivity index (χ0) is 15.2. The number of rotatable bonds is 3. The number of nitrogens with one attached hydrogen (secondary N) is 2. The molecule has 0 aliphatic heterocycles. The highest BCUT2D eigenvalue weighted by molar-refractivity contribution is 9.10. The zero-order valence-corrected chi connectivity index (χ0v) is 13.2. The fourth-order valence-electron chi connectivity index (χ4n) is 2.42. The minimum atomic E-state index is -0.511. The molecule has 0 saturated heterocycles. The molecular weight excluding hydrogens is 338 g/mol. The van der Waals surface area contributed by atoms with Crippen molar-refractivity contribution in [2.24, 2.45) is 0 Å². The topological polar surface area (TPSA) is 80.2 Å². The molecule has 2 N–H and O–H groups in total. The van der Waals surface area contributed by atoms with Crippen LogP contribution in [0.3, 0.4) is 0 Å². The molecule has 0 unspecified atom stereocenters. The van der Waals surface area contributed by atoms with Crippen LogP contribution in [0.4, 0.5) is 4.79 Å². The molecule has 0 bridgehead atoms. The number of halogens is 1. The van der Waals surface area contributed by atoms with Crippen LogP contribution >= 0.6 is 15.9 Å². The van der Waals surface area contributed by atoms with Crippen LogP contribution in [0.15, 0.2) is 27.6 Å². The third kappa shape index (κ3) is 5.00. The van der Waals surface area contributed by atoms with E-state index >= 15 is 0 Å². The van der Waals surface area contributed by atoms with Crippen LogP contribution in [0.5, 0.6) is 0 Å². The largest absolute Gasteiger partial charge is 0.335 e. The van der Waals surface area contributed by atoms with Gasteiger partial charge in [-0.1, -0.05) is 19.3 Å². The highest BCUT2D eigenvalue weighted by atomic mass is 79.9. The molecule has 7 heteroatoms. The predicted octanol–water partition coefficient (Wildman–Crippen LogP) is 1.77. The minimum absolute atomic E-state index is 0.139. The summed E-state index contributed by atoms with van der Waals surface area (Å²) in [5.74, 6) is -0.511. The molecule has 1 heterocycles. The number of imide groups is 1. The summed E-state index contributed by atoms with van der Waals surface area (Å²) in [6.07, 6.45) is 6.82. The quantitative estimate of drug-likeness (QED) is 0.866. The van der Waals surface area contributed by atoms with Crippen molar-refractivity contribution >= 4 is 27.9 Å². The molecule has 1 aromatic rings. The standard InChI is InChI=1S/C14H18BrN3O3/c15-10-6-7-13(20)18(8-10)9-12(19)17-14(21)16-11-4-2-1-3-5-11/h6-8,11H,1-5,9H2,(H2,16,17,19,21). The first-order valence-electron chi connectivity index (χ1n) is 7.01. The van der Waals surface area contributed by atoms with Crippen LogP contribution in [-0.2, 0) is 11.3 Å². The highest BCUT2D eigenvalue weighted by Gasteiger charge is 2.17. The van der Waals surface area contributed by atoms with Crippen LogP contribution < -0.4 is 16.2 Å². The van der Waals surface area contributed by atoms with E-state index in [4.69, 9.17) is 0 Å². The molecule has 1 aliphatic rings. The van der Waals surface area contributed by atoms with Crippen LogP contribution in [0.25, 0.3) is 0 Å². The Balaban J connectivity index is 1.84. The molecule has 1 aromatic heterocycles. The Bertz CT molecular complexity index is 579. The lowest BCUT2D eigenvalue weighted by atomic mass is 9.96. The van der Waals surface area contributed by atoms with E-state index in [0.29, 0.717) is 4.47 Å². The van der Waals surface area contributed by atoms with Gasteiger partial charge >= 0.3 is 6.03 Å². The van der Waals surface area contributed by atoms with Gasteiger partial charge in [0.15, 0.2) is 0 Å². The first-order chi connectivity index (χ1) is 10.0. The second-order valence-corrected chi connectivity index (χ2v) is 6.09. The third-order valence-electron chi connectivity index (χ3n) is 3.45. The number of hydrogen-bond donors (Lipinski definition) is 2. The molecule has 3 amide bonds. The SMILES string of the molecule is O=C(Cn1cc(Br)ccc1=O)NC(=O)NC1CCCCC1. The number of nitrogens with zero attached hydrogens (tertiary/aromatic N) is 1. The number of hydrogen-bond acceptors (Lipinski definition) is 3. The van der Waals surface area contributed by atoms with Gasteiger partial charge in [0.2, 0.25) is 5.91 Å². The highest BCUT2D eigenvalue weighted by Crippen LogP contribution is 2.17. The van der Waals surface area contributed by atoms with Gasteiger partial charge in [-0.3, -0.25) is 14.9 Å². The molecule has 1 fully saturated rings. The molecule has 0 radical (unpaired) electrons. The fraction of sp³-hybridized carbons (Fsp3) is 0.500. The Morgan fingerprint density at radius 2 is 1.95 bits per heavy atom. The number of urea groups is 1. The maximum Gasteiger partial charge on any atom is 0.321 e. The van der Waals surface area contributed by atoms with Gasteiger partial charge in [-0.05, 0) is 34.8 Å². The maximum atomic E-state index is 11.8. The van der Waals surface area contributed by atoms with Gasteiger partial charge in [-0.15, -0.1) is 0 Å². The monoisotopic (exact) mass is 355 g/mol. The first-order valence-corrected chi connectivity index (χ1v) is 7.80. The van der Waals surface area contributed by atoms with Gasteiger partial charge in [0.1, 0.15) is 6.54 Å². The molecule has 1 saturated carbocycles. The Labute approximate surface area is 131 Å². The lowest BCUT2D eigenvalue weighted by Gasteiger charge is -2.22. The predicted molar refractivity (Wildman–Crippen MR) is 81.9 cm³/mol. The summed E-state index contributed by atoms with van der Waals surface area (Å²) in [6, 6.07) is 2.61. The summed E-state index contributed by atoms with van der Waals surface area (Å²) >= 11 is 3.23. The van der Waals surface area contributed by atoms with Crippen molar-refractivity contribution in [1.29, 1.82) is 0 Å². The fourth-order valence-corrected chi connectivity index (χ4v) is 2.79. The van der Waals surface area contributed by atoms with E-state index in [-0.39, 0.29) is 18.1 Å². The van der Waals surface area contributed by atoms with Crippen molar-refractivity contribution in [2.45, 2.75) is 44.7 Å². The van der Waals surface area contributed by atoms with Crippen LogP contribution in [0, 0.1) is 0 Å². The number of amides is 3. The smallest absolute Gasteiger partial charge is 0.321 e. The van der Waals surface area contributed by atoms with Gasteiger partial charge < -0.3 is 9.88 Å². The minimum Gasteiger partial charge on any atom is -0.335 e. The molecule has 0 aromatic carbocycles. The van der Waals surface area contributed by atoms with Crippen molar-refractivity contribution in [3.8, 4) is 0 Å². The van der Waals surface area contributed by atoms with E-state index in [1.165, 1.54) is 23.3 Å². The number of carbonyl (C=O) groups excluding carboxylic acids is 2. The number of aromatic nitrogens is 1. The van der Waals surface area contributed by atoms with E-state index in [1.807, 2.05) is 0 Å². The van der Waals surface area contributed by atoms with Crippen molar-refractivity contribution in [3.05, 3.63) is 33.2 Å². The second-order valence-electron chi connectivity index (χ2n) is 5.17. The Morgan fingerprint density at radius 1 is 1.24 bits per heavy atom. The van der Waals surface area contributed by atoms with E-state index in [1.54, 1.807) is 6.07 Å². The molecule has 114 valence electrons. The van der Waals surface area contributed by atoms with E-state index in [2.05, 4.69) is 26.6 Å². The second kappa shape index (κ2) is 7.40. The third-order valence-corrected chi connectivity index (χ3v) is 3.92. The normalized spacial score (nSPS) is 15.5. The van der Waals surface area contributed by atoms with Crippen LogP contribution in [0.2, 0.25) is 0 Å². The molecule has 21 heavy (non-hydrogen) atoms.